The molecule has 0 saturated heterocycles. The maximum atomic E-state index is 10.6. The largest absolute Gasteiger partial charge is 0.486 e. The summed E-state index contributed by atoms with van der Waals surface area (Å²) in [5.41, 5.74) is 1.31. The second kappa shape index (κ2) is 6.16. The van der Waals surface area contributed by atoms with Crippen molar-refractivity contribution in [1.29, 1.82) is 0 Å². The first-order valence-electron chi connectivity index (χ1n) is 6.28. The molecule has 1 atom stereocenters. The molecule has 3 nitrogen and oxygen atoms in total. The summed E-state index contributed by atoms with van der Waals surface area (Å²) in [5.74, 6) is 1.21. The van der Waals surface area contributed by atoms with Gasteiger partial charge in [0.15, 0.2) is 11.5 Å². The summed E-state index contributed by atoms with van der Waals surface area (Å²) < 4.78 is 12.7. The Balaban J connectivity index is 2.05. The maximum Gasteiger partial charge on any atom is 0.162 e. The van der Waals surface area contributed by atoms with Crippen LogP contribution < -0.4 is 9.47 Å². The van der Waals surface area contributed by atoms with Crippen molar-refractivity contribution >= 4 is 43.5 Å². The van der Waals surface area contributed by atoms with Gasteiger partial charge in [-0.1, -0.05) is 43.5 Å². The summed E-state index contributed by atoms with van der Waals surface area (Å²) in [6.45, 7) is 0.993. The highest BCUT2D eigenvalue weighted by Crippen LogP contribution is 2.40. The Morgan fingerprint density at radius 1 is 1.00 bits per heavy atom. The van der Waals surface area contributed by atoms with Crippen molar-refractivity contribution in [3.63, 3.8) is 0 Å². The molecule has 1 heterocycles. The van der Waals surface area contributed by atoms with Crippen molar-refractivity contribution in [2.45, 2.75) is 6.10 Å². The minimum atomic E-state index is -0.861. The van der Waals surface area contributed by atoms with Crippen LogP contribution in [0.4, 0.5) is 0 Å². The number of ether oxygens (including phenoxy) is 2. The van der Waals surface area contributed by atoms with Gasteiger partial charge in [-0.05, 0) is 24.3 Å². The van der Waals surface area contributed by atoms with Crippen LogP contribution in [0.3, 0.4) is 0 Å². The van der Waals surface area contributed by atoms with E-state index >= 15 is 0 Å². The third kappa shape index (κ3) is 3.06. The van der Waals surface area contributed by atoms with E-state index in [1.165, 1.54) is 0 Å². The monoisotopic (exact) mass is 432 g/mol. The molecule has 1 N–H and O–H groups in total. The van der Waals surface area contributed by atoms with E-state index < -0.39 is 6.10 Å². The average Bonchev–Trinajstić information content (AvgIpc) is 2.48. The molecule has 110 valence electrons. The van der Waals surface area contributed by atoms with Crippen molar-refractivity contribution < 1.29 is 14.6 Å². The molecule has 21 heavy (non-hydrogen) atoms. The SMILES string of the molecule is OC(c1cc2c(cc1Cl)OCCO2)c1cc(Br)ccc1Br. The number of rotatable bonds is 2. The fraction of sp³-hybridized carbons (Fsp3) is 0.200. The van der Waals surface area contributed by atoms with Gasteiger partial charge in [-0.3, -0.25) is 0 Å². The summed E-state index contributed by atoms with van der Waals surface area (Å²) in [6, 6.07) is 9.03. The summed E-state index contributed by atoms with van der Waals surface area (Å²) >= 11 is 13.1. The molecule has 0 saturated carbocycles. The molecule has 6 heteroatoms. The molecule has 2 aromatic rings. The molecule has 0 spiro atoms. The number of aliphatic hydroxyl groups is 1. The summed E-state index contributed by atoms with van der Waals surface area (Å²) in [7, 11) is 0. The van der Waals surface area contributed by atoms with Gasteiger partial charge in [0.1, 0.15) is 19.3 Å². The van der Waals surface area contributed by atoms with Crippen LogP contribution in [0.2, 0.25) is 5.02 Å². The normalized spacial score (nSPS) is 14.9. The molecular formula is C15H11Br2ClO3. The lowest BCUT2D eigenvalue weighted by Gasteiger charge is -2.22. The van der Waals surface area contributed by atoms with E-state index in [-0.39, 0.29) is 0 Å². The van der Waals surface area contributed by atoms with Crippen molar-refractivity contribution in [2.75, 3.05) is 13.2 Å². The number of benzene rings is 2. The lowest BCUT2D eigenvalue weighted by molar-refractivity contribution is 0.169. The Morgan fingerprint density at radius 2 is 1.67 bits per heavy atom. The smallest absolute Gasteiger partial charge is 0.162 e. The zero-order valence-corrected chi connectivity index (χ0v) is 14.7. The lowest BCUT2D eigenvalue weighted by atomic mass is 10.0. The van der Waals surface area contributed by atoms with Crippen LogP contribution in [-0.4, -0.2) is 18.3 Å². The van der Waals surface area contributed by atoms with Crippen molar-refractivity contribution in [2.24, 2.45) is 0 Å². The fourth-order valence-electron chi connectivity index (χ4n) is 2.18. The molecule has 2 aromatic carbocycles. The van der Waals surface area contributed by atoms with Gasteiger partial charge in [0.25, 0.3) is 0 Å². The third-order valence-corrected chi connectivity index (χ3v) is 4.75. The second-order valence-electron chi connectivity index (χ2n) is 4.59. The number of fused-ring (bicyclic) bond motifs is 1. The van der Waals surface area contributed by atoms with Crippen LogP contribution in [-0.2, 0) is 0 Å². The Labute approximate surface area is 144 Å². The first kappa shape index (κ1) is 15.2. The van der Waals surface area contributed by atoms with Crippen LogP contribution in [0.1, 0.15) is 17.2 Å². The minimum Gasteiger partial charge on any atom is -0.486 e. The van der Waals surface area contributed by atoms with E-state index in [0.717, 1.165) is 14.5 Å². The summed E-state index contributed by atoms with van der Waals surface area (Å²) in [5, 5.41) is 11.1. The van der Waals surface area contributed by atoms with E-state index in [1.54, 1.807) is 12.1 Å². The quantitative estimate of drug-likeness (QED) is 0.744. The van der Waals surface area contributed by atoms with Crippen LogP contribution >= 0.6 is 43.5 Å². The predicted molar refractivity (Wildman–Crippen MR) is 88.3 cm³/mol. The topological polar surface area (TPSA) is 38.7 Å². The van der Waals surface area contributed by atoms with Gasteiger partial charge in [-0.2, -0.15) is 0 Å². The van der Waals surface area contributed by atoms with Crippen LogP contribution in [0.5, 0.6) is 11.5 Å². The fourth-order valence-corrected chi connectivity index (χ4v) is 3.28. The molecule has 3 rings (SSSR count). The Morgan fingerprint density at radius 3 is 2.38 bits per heavy atom. The standard InChI is InChI=1S/C15H11Br2ClO3/c16-8-1-2-11(17)9(5-8)15(19)10-6-13-14(7-12(10)18)21-4-3-20-13/h1-2,5-7,15,19H,3-4H2. The highest BCUT2D eigenvalue weighted by molar-refractivity contribution is 9.11. The Kier molecular flexibility index (Phi) is 4.45. The molecule has 0 fully saturated rings. The first-order chi connectivity index (χ1) is 10.1. The van der Waals surface area contributed by atoms with E-state index in [0.29, 0.717) is 35.3 Å². The van der Waals surface area contributed by atoms with Crippen LogP contribution in [0.15, 0.2) is 39.3 Å². The zero-order valence-electron chi connectivity index (χ0n) is 10.8. The Hall–Kier alpha value is -0.750. The van der Waals surface area contributed by atoms with Gasteiger partial charge in [0.05, 0.1) is 5.02 Å². The molecule has 0 radical (unpaired) electrons. The van der Waals surface area contributed by atoms with Gasteiger partial charge in [-0.15, -0.1) is 0 Å². The zero-order chi connectivity index (χ0) is 15.0. The molecule has 1 aliphatic rings. The molecular weight excluding hydrogens is 423 g/mol. The van der Waals surface area contributed by atoms with Crippen molar-refractivity contribution in [3.05, 3.63) is 55.4 Å². The summed E-state index contributed by atoms with van der Waals surface area (Å²) in [4.78, 5) is 0. The first-order valence-corrected chi connectivity index (χ1v) is 8.24. The van der Waals surface area contributed by atoms with Crippen LogP contribution in [0, 0.1) is 0 Å². The number of aliphatic hydroxyl groups excluding tert-OH is 1. The highest BCUT2D eigenvalue weighted by atomic mass is 79.9. The number of halogens is 3. The molecule has 0 aliphatic carbocycles. The molecule has 1 aliphatic heterocycles. The van der Waals surface area contributed by atoms with Gasteiger partial charge in [-0.25, -0.2) is 0 Å². The van der Waals surface area contributed by atoms with Gasteiger partial charge in [0, 0.05) is 26.1 Å². The summed E-state index contributed by atoms with van der Waals surface area (Å²) in [6.07, 6.45) is -0.861. The molecule has 1 unspecified atom stereocenters. The minimum absolute atomic E-state index is 0.443. The third-order valence-electron chi connectivity index (χ3n) is 3.21. The molecule has 0 bridgehead atoms. The van der Waals surface area contributed by atoms with Gasteiger partial charge >= 0.3 is 0 Å². The lowest BCUT2D eigenvalue weighted by Crippen LogP contribution is -2.16. The Bertz CT molecular complexity index is 691. The average molecular weight is 435 g/mol. The maximum absolute atomic E-state index is 10.6. The van der Waals surface area contributed by atoms with E-state index in [1.807, 2.05) is 18.2 Å². The highest BCUT2D eigenvalue weighted by Gasteiger charge is 2.22. The van der Waals surface area contributed by atoms with Crippen molar-refractivity contribution in [1.82, 2.24) is 0 Å². The van der Waals surface area contributed by atoms with Crippen molar-refractivity contribution in [3.8, 4) is 11.5 Å². The van der Waals surface area contributed by atoms with Crippen LogP contribution in [0.25, 0.3) is 0 Å². The van der Waals surface area contributed by atoms with Gasteiger partial charge < -0.3 is 14.6 Å². The van der Waals surface area contributed by atoms with Gasteiger partial charge in [0.2, 0.25) is 0 Å². The molecule has 0 aromatic heterocycles. The predicted octanol–water partition coefficient (Wildman–Crippen LogP) is 4.72. The number of hydrogen-bond donors (Lipinski definition) is 1. The van der Waals surface area contributed by atoms with E-state index in [9.17, 15) is 5.11 Å². The second-order valence-corrected chi connectivity index (χ2v) is 6.76. The van der Waals surface area contributed by atoms with E-state index in [4.69, 9.17) is 21.1 Å². The molecule has 0 amide bonds. The number of hydrogen-bond acceptors (Lipinski definition) is 3. The van der Waals surface area contributed by atoms with E-state index in [2.05, 4.69) is 31.9 Å².